The Kier molecular flexibility index (Phi) is 6.21. The van der Waals surface area contributed by atoms with Gasteiger partial charge in [-0.05, 0) is 42.2 Å². The Morgan fingerprint density at radius 3 is 2.48 bits per heavy atom. The molecule has 5 rings (SSSR count). The second kappa shape index (κ2) is 9.58. The zero-order valence-corrected chi connectivity index (χ0v) is 19.3. The molecule has 3 heterocycles. The summed E-state index contributed by atoms with van der Waals surface area (Å²) in [6.07, 6.45) is 4.41. The Hall–Kier alpha value is -3.45. The van der Waals surface area contributed by atoms with E-state index in [9.17, 15) is 4.79 Å². The van der Waals surface area contributed by atoms with Gasteiger partial charge in [-0.15, -0.1) is 10.2 Å². The fourth-order valence-corrected chi connectivity index (χ4v) is 5.08. The van der Waals surface area contributed by atoms with Crippen molar-refractivity contribution < 1.29 is 4.79 Å². The van der Waals surface area contributed by atoms with Crippen molar-refractivity contribution in [2.24, 2.45) is 0 Å². The molecular formula is C26H25N5OS. The zero-order valence-electron chi connectivity index (χ0n) is 18.5. The van der Waals surface area contributed by atoms with Gasteiger partial charge in [-0.1, -0.05) is 66.4 Å². The monoisotopic (exact) mass is 455 g/mol. The van der Waals surface area contributed by atoms with Crippen LogP contribution in [0, 0.1) is 0 Å². The zero-order chi connectivity index (χ0) is 22.6. The van der Waals surface area contributed by atoms with Gasteiger partial charge in [-0.25, -0.2) is 0 Å². The lowest BCUT2D eigenvalue weighted by molar-refractivity contribution is -0.131. The number of hydrogen-bond donors (Lipinski definition) is 0. The van der Waals surface area contributed by atoms with E-state index in [-0.39, 0.29) is 11.2 Å². The smallest absolute Gasteiger partial charge is 0.236 e. The van der Waals surface area contributed by atoms with Gasteiger partial charge in [0.25, 0.3) is 0 Å². The standard InChI is InChI=1S/C26H25N5OS/c1-19(25(32)30-16-13-21-9-5-6-10-23(21)18-30)33-26-29-28-24(22-11-14-27-15-12-22)31(26)17-20-7-3-2-4-8-20/h2-12,14-15,19H,13,16-18H2,1H3. The maximum atomic E-state index is 13.3. The van der Waals surface area contributed by atoms with Gasteiger partial charge in [0.05, 0.1) is 11.8 Å². The minimum Gasteiger partial charge on any atom is -0.337 e. The van der Waals surface area contributed by atoms with Crippen LogP contribution in [0.2, 0.25) is 0 Å². The first kappa shape index (κ1) is 21.4. The number of pyridine rings is 1. The van der Waals surface area contributed by atoms with Crippen LogP contribution in [-0.4, -0.2) is 42.4 Å². The van der Waals surface area contributed by atoms with Crippen LogP contribution < -0.4 is 0 Å². The summed E-state index contributed by atoms with van der Waals surface area (Å²) in [6.45, 7) is 4.01. The van der Waals surface area contributed by atoms with Crippen LogP contribution in [-0.2, 0) is 24.3 Å². The third kappa shape index (κ3) is 4.68. The molecule has 1 amide bonds. The molecule has 4 aromatic rings. The molecule has 33 heavy (non-hydrogen) atoms. The molecule has 0 radical (unpaired) electrons. The second-order valence-corrected chi connectivity index (χ2v) is 9.46. The van der Waals surface area contributed by atoms with Crippen LogP contribution in [0.1, 0.15) is 23.6 Å². The highest BCUT2D eigenvalue weighted by Gasteiger charge is 2.27. The summed E-state index contributed by atoms with van der Waals surface area (Å²) in [4.78, 5) is 19.4. The highest BCUT2D eigenvalue weighted by molar-refractivity contribution is 8.00. The molecule has 0 fully saturated rings. The van der Waals surface area contributed by atoms with Crippen LogP contribution in [0.15, 0.2) is 84.3 Å². The number of nitrogens with zero attached hydrogens (tertiary/aromatic N) is 5. The second-order valence-electron chi connectivity index (χ2n) is 8.15. The summed E-state index contributed by atoms with van der Waals surface area (Å²) in [5, 5.41) is 9.43. The number of carbonyl (C=O) groups is 1. The minimum absolute atomic E-state index is 0.134. The van der Waals surface area contributed by atoms with Crippen molar-refractivity contribution in [2.75, 3.05) is 6.54 Å². The Labute approximate surface area is 197 Å². The van der Waals surface area contributed by atoms with Gasteiger partial charge in [-0.2, -0.15) is 0 Å². The largest absolute Gasteiger partial charge is 0.337 e. The normalized spacial score (nSPS) is 14.0. The van der Waals surface area contributed by atoms with Crippen molar-refractivity contribution in [3.63, 3.8) is 0 Å². The third-order valence-corrected chi connectivity index (χ3v) is 6.98. The molecule has 0 aliphatic carbocycles. The predicted molar refractivity (Wildman–Crippen MR) is 130 cm³/mol. The van der Waals surface area contributed by atoms with Crippen molar-refractivity contribution >= 4 is 17.7 Å². The summed E-state index contributed by atoms with van der Waals surface area (Å²) in [5.41, 5.74) is 4.68. The number of benzene rings is 2. The first-order valence-electron chi connectivity index (χ1n) is 11.1. The number of carbonyl (C=O) groups excluding carboxylic acids is 1. The van der Waals surface area contributed by atoms with Gasteiger partial charge >= 0.3 is 0 Å². The molecule has 0 saturated carbocycles. The van der Waals surface area contributed by atoms with Crippen molar-refractivity contribution in [2.45, 2.75) is 36.8 Å². The van der Waals surface area contributed by atoms with Crippen LogP contribution in [0.5, 0.6) is 0 Å². The fraction of sp³-hybridized carbons (Fsp3) is 0.231. The summed E-state index contributed by atoms with van der Waals surface area (Å²) in [6, 6.07) is 22.5. The van der Waals surface area contributed by atoms with Crippen molar-refractivity contribution in [3.05, 3.63) is 95.8 Å². The summed E-state index contributed by atoms with van der Waals surface area (Å²) < 4.78 is 2.09. The van der Waals surface area contributed by atoms with Crippen molar-refractivity contribution in [1.82, 2.24) is 24.6 Å². The van der Waals surface area contributed by atoms with Crippen molar-refractivity contribution in [3.8, 4) is 11.4 Å². The number of amides is 1. The summed E-state index contributed by atoms with van der Waals surface area (Å²) in [5.74, 6) is 0.907. The third-order valence-electron chi connectivity index (χ3n) is 5.91. The van der Waals surface area contributed by atoms with E-state index in [0.717, 1.165) is 35.1 Å². The molecule has 2 aromatic carbocycles. The highest BCUT2D eigenvalue weighted by Crippen LogP contribution is 2.29. The van der Waals surface area contributed by atoms with E-state index in [1.54, 1.807) is 12.4 Å². The molecule has 0 saturated heterocycles. The minimum atomic E-state index is -0.265. The Bertz CT molecular complexity index is 1240. The quantitative estimate of drug-likeness (QED) is 0.402. The van der Waals surface area contributed by atoms with Crippen LogP contribution in [0.4, 0.5) is 0 Å². The van der Waals surface area contributed by atoms with E-state index in [0.29, 0.717) is 13.1 Å². The number of fused-ring (bicyclic) bond motifs is 1. The fourth-order valence-electron chi connectivity index (χ4n) is 4.15. The Morgan fingerprint density at radius 1 is 0.970 bits per heavy atom. The summed E-state index contributed by atoms with van der Waals surface area (Å²) >= 11 is 1.47. The first-order chi connectivity index (χ1) is 16.2. The van der Waals surface area contributed by atoms with E-state index in [2.05, 4.69) is 50.1 Å². The van der Waals surface area contributed by atoms with Crippen molar-refractivity contribution in [1.29, 1.82) is 0 Å². The molecule has 2 aromatic heterocycles. The van der Waals surface area contributed by atoms with Gasteiger partial charge < -0.3 is 4.90 Å². The lowest BCUT2D eigenvalue weighted by atomic mass is 10.00. The van der Waals surface area contributed by atoms with E-state index in [1.807, 2.05) is 48.2 Å². The van der Waals surface area contributed by atoms with Gasteiger partial charge in [-0.3, -0.25) is 14.3 Å². The Morgan fingerprint density at radius 2 is 1.70 bits per heavy atom. The van der Waals surface area contributed by atoms with Gasteiger partial charge in [0.15, 0.2) is 11.0 Å². The van der Waals surface area contributed by atoms with E-state index in [1.165, 1.54) is 22.9 Å². The molecule has 1 atom stereocenters. The van der Waals surface area contributed by atoms with Crippen LogP contribution >= 0.6 is 11.8 Å². The molecule has 1 aliphatic rings. The van der Waals surface area contributed by atoms with E-state index >= 15 is 0 Å². The number of aromatic nitrogens is 4. The van der Waals surface area contributed by atoms with Gasteiger partial charge in [0.1, 0.15) is 0 Å². The molecular weight excluding hydrogens is 430 g/mol. The van der Waals surface area contributed by atoms with Crippen LogP contribution in [0.25, 0.3) is 11.4 Å². The first-order valence-corrected chi connectivity index (χ1v) is 12.0. The van der Waals surface area contributed by atoms with E-state index < -0.39 is 0 Å². The maximum absolute atomic E-state index is 13.3. The molecule has 6 nitrogen and oxygen atoms in total. The molecule has 0 N–H and O–H groups in total. The molecule has 1 aliphatic heterocycles. The average Bonchev–Trinajstić information content (AvgIpc) is 3.26. The maximum Gasteiger partial charge on any atom is 0.236 e. The summed E-state index contributed by atoms with van der Waals surface area (Å²) in [7, 11) is 0. The molecule has 0 bridgehead atoms. The van der Waals surface area contributed by atoms with Crippen LogP contribution in [0.3, 0.4) is 0 Å². The predicted octanol–water partition coefficient (Wildman–Crippen LogP) is 4.45. The number of hydrogen-bond acceptors (Lipinski definition) is 5. The number of thioether (sulfide) groups is 1. The molecule has 166 valence electrons. The highest BCUT2D eigenvalue weighted by atomic mass is 32.2. The topological polar surface area (TPSA) is 63.9 Å². The Balaban J connectivity index is 1.38. The molecule has 1 unspecified atom stereocenters. The lowest BCUT2D eigenvalue weighted by Crippen LogP contribution is -2.40. The molecule has 7 heteroatoms. The average molecular weight is 456 g/mol. The van der Waals surface area contributed by atoms with Gasteiger partial charge in [0.2, 0.25) is 5.91 Å². The van der Waals surface area contributed by atoms with Gasteiger partial charge in [0, 0.05) is 31.0 Å². The SMILES string of the molecule is CC(Sc1nnc(-c2ccncc2)n1Cc1ccccc1)C(=O)N1CCc2ccccc2C1. The number of rotatable bonds is 6. The molecule has 0 spiro atoms. The lowest BCUT2D eigenvalue weighted by Gasteiger charge is -2.30. The van der Waals surface area contributed by atoms with E-state index in [4.69, 9.17) is 0 Å².